The predicted molar refractivity (Wildman–Crippen MR) is 73.1 cm³/mol. The first-order valence-electron chi connectivity index (χ1n) is 6.71. The van der Waals surface area contributed by atoms with Gasteiger partial charge < -0.3 is 24.4 Å². The van der Waals surface area contributed by atoms with Crippen molar-refractivity contribution in [2.45, 2.75) is 6.42 Å². The quantitative estimate of drug-likeness (QED) is 0.914. The van der Waals surface area contributed by atoms with Gasteiger partial charge in [0.1, 0.15) is 0 Å². The molecule has 6 heteroatoms. The highest BCUT2D eigenvalue weighted by Gasteiger charge is 2.30. The number of hydrogen-bond donors (Lipinski definition) is 1. The number of methoxy groups -OCH3 is 1. The average molecular weight is 278 g/mol. The van der Waals surface area contributed by atoms with Gasteiger partial charge in [0.15, 0.2) is 11.5 Å². The fourth-order valence-electron chi connectivity index (χ4n) is 2.38. The minimum atomic E-state index is -0.0717. The molecule has 0 aliphatic carbocycles. The molecule has 1 saturated heterocycles. The number of amides is 2. The van der Waals surface area contributed by atoms with Crippen molar-refractivity contribution in [1.82, 2.24) is 4.90 Å². The number of nitrogens with zero attached hydrogens (tertiary/aromatic N) is 1. The SMILES string of the molecule is COCCC1CN(C(=O)Nc2ccc3c(c2)OCO3)C1. The van der Waals surface area contributed by atoms with E-state index in [1.54, 1.807) is 24.1 Å². The van der Waals surface area contributed by atoms with Crippen LogP contribution in [0.2, 0.25) is 0 Å². The predicted octanol–water partition coefficient (Wildman–Crippen LogP) is 1.92. The normalized spacial score (nSPS) is 16.9. The van der Waals surface area contributed by atoms with Crippen molar-refractivity contribution < 1.29 is 19.0 Å². The van der Waals surface area contributed by atoms with Gasteiger partial charge in [-0.1, -0.05) is 0 Å². The molecule has 1 aromatic carbocycles. The van der Waals surface area contributed by atoms with Crippen molar-refractivity contribution >= 4 is 11.7 Å². The Morgan fingerprint density at radius 2 is 2.20 bits per heavy atom. The topological polar surface area (TPSA) is 60.0 Å². The van der Waals surface area contributed by atoms with E-state index in [9.17, 15) is 4.79 Å². The lowest BCUT2D eigenvalue weighted by Crippen LogP contribution is -2.51. The molecule has 0 aromatic heterocycles. The molecule has 2 heterocycles. The van der Waals surface area contributed by atoms with Gasteiger partial charge in [-0.25, -0.2) is 4.79 Å². The lowest BCUT2D eigenvalue weighted by molar-refractivity contribution is 0.0962. The molecule has 6 nitrogen and oxygen atoms in total. The van der Waals surface area contributed by atoms with Crippen LogP contribution >= 0.6 is 0 Å². The maximum absolute atomic E-state index is 12.0. The summed E-state index contributed by atoms with van der Waals surface area (Å²) in [6.07, 6.45) is 1.00. The lowest BCUT2D eigenvalue weighted by Gasteiger charge is -2.39. The summed E-state index contributed by atoms with van der Waals surface area (Å²) in [5.41, 5.74) is 0.722. The first-order valence-corrected chi connectivity index (χ1v) is 6.71. The summed E-state index contributed by atoms with van der Waals surface area (Å²) in [6.45, 7) is 2.57. The maximum Gasteiger partial charge on any atom is 0.321 e. The summed E-state index contributed by atoms with van der Waals surface area (Å²) in [6, 6.07) is 5.32. The van der Waals surface area contributed by atoms with Crippen LogP contribution in [-0.2, 0) is 4.74 Å². The standard InChI is InChI=1S/C14H18N2O4/c1-18-5-4-10-7-16(8-10)14(17)15-11-2-3-12-13(6-11)20-9-19-12/h2-3,6,10H,4-5,7-9H2,1H3,(H,15,17). The van der Waals surface area contributed by atoms with Crippen molar-refractivity contribution in [2.75, 3.05) is 38.9 Å². The van der Waals surface area contributed by atoms with E-state index in [0.29, 0.717) is 17.4 Å². The van der Waals surface area contributed by atoms with Gasteiger partial charge in [-0.3, -0.25) is 0 Å². The third-order valence-electron chi connectivity index (χ3n) is 3.60. The molecule has 1 N–H and O–H groups in total. The molecule has 0 atom stereocenters. The monoisotopic (exact) mass is 278 g/mol. The van der Waals surface area contributed by atoms with E-state index in [4.69, 9.17) is 14.2 Å². The molecule has 2 aliphatic rings. The number of carbonyl (C=O) groups excluding carboxylic acids is 1. The first kappa shape index (κ1) is 13.1. The lowest BCUT2D eigenvalue weighted by atomic mass is 9.97. The van der Waals surface area contributed by atoms with E-state index in [2.05, 4.69) is 5.32 Å². The Morgan fingerprint density at radius 1 is 1.40 bits per heavy atom. The molecule has 0 saturated carbocycles. The molecule has 1 fully saturated rings. The molecule has 0 radical (unpaired) electrons. The van der Waals surface area contributed by atoms with Crippen LogP contribution in [0, 0.1) is 5.92 Å². The number of fused-ring (bicyclic) bond motifs is 1. The molecule has 20 heavy (non-hydrogen) atoms. The van der Waals surface area contributed by atoms with Crippen LogP contribution in [0.15, 0.2) is 18.2 Å². The summed E-state index contributed by atoms with van der Waals surface area (Å²) in [7, 11) is 1.70. The van der Waals surface area contributed by atoms with Gasteiger partial charge in [-0.2, -0.15) is 0 Å². The molecule has 0 bridgehead atoms. The van der Waals surface area contributed by atoms with E-state index in [1.807, 2.05) is 6.07 Å². The molecule has 108 valence electrons. The number of carbonyl (C=O) groups is 1. The number of benzene rings is 1. The van der Waals surface area contributed by atoms with Crippen LogP contribution in [0.25, 0.3) is 0 Å². The number of likely N-dealkylation sites (tertiary alicyclic amines) is 1. The smallest absolute Gasteiger partial charge is 0.321 e. The van der Waals surface area contributed by atoms with Crippen LogP contribution in [0.5, 0.6) is 11.5 Å². The highest BCUT2D eigenvalue weighted by molar-refractivity contribution is 5.90. The molecule has 2 aliphatic heterocycles. The molecule has 0 spiro atoms. The molecular weight excluding hydrogens is 260 g/mol. The van der Waals surface area contributed by atoms with E-state index >= 15 is 0 Å². The Balaban J connectivity index is 1.50. The number of rotatable bonds is 4. The highest BCUT2D eigenvalue weighted by atomic mass is 16.7. The third kappa shape index (κ3) is 2.65. The minimum Gasteiger partial charge on any atom is -0.454 e. The van der Waals surface area contributed by atoms with Gasteiger partial charge in [-0.15, -0.1) is 0 Å². The Labute approximate surface area is 117 Å². The van der Waals surface area contributed by atoms with Crippen molar-refractivity contribution in [1.29, 1.82) is 0 Å². The molecule has 3 rings (SSSR count). The third-order valence-corrected chi connectivity index (χ3v) is 3.60. The number of hydrogen-bond acceptors (Lipinski definition) is 4. The Bertz CT molecular complexity index is 500. The highest BCUT2D eigenvalue weighted by Crippen LogP contribution is 2.34. The first-order chi connectivity index (χ1) is 9.76. The Kier molecular flexibility index (Phi) is 3.64. The van der Waals surface area contributed by atoms with Gasteiger partial charge in [0.05, 0.1) is 0 Å². The van der Waals surface area contributed by atoms with E-state index in [-0.39, 0.29) is 12.8 Å². The van der Waals surface area contributed by atoms with Crippen LogP contribution in [-0.4, -0.2) is 44.5 Å². The van der Waals surface area contributed by atoms with Gasteiger partial charge in [-0.05, 0) is 24.5 Å². The van der Waals surface area contributed by atoms with Gasteiger partial charge in [0.25, 0.3) is 0 Å². The van der Waals surface area contributed by atoms with Crippen LogP contribution in [0.4, 0.5) is 10.5 Å². The second kappa shape index (κ2) is 5.58. The number of nitrogens with one attached hydrogen (secondary N) is 1. The second-order valence-corrected chi connectivity index (χ2v) is 5.05. The average Bonchev–Trinajstić information content (AvgIpc) is 2.84. The Hall–Kier alpha value is -1.95. The van der Waals surface area contributed by atoms with Crippen molar-refractivity contribution in [3.63, 3.8) is 0 Å². The Morgan fingerprint density at radius 3 is 3.00 bits per heavy atom. The van der Waals surface area contributed by atoms with Gasteiger partial charge >= 0.3 is 6.03 Å². The van der Waals surface area contributed by atoms with Crippen LogP contribution in [0.3, 0.4) is 0 Å². The van der Waals surface area contributed by atoms with E-state index in [0.717, 1.165) is 31.8 Å². The number of urea groups is 1. The van der Waals surface area contributed by atoms with Crippen LogP contribution < -0.4 is 14.8 Å². The summed E-state index contributed by atoms with van der Waals surface area (Å²) in [5.74, 6) is 1.94. The van der Waals surface area contributed by atoms with Crippen molar-refractivity contribution in [3.05, 3.63) is 18.2 Å². The fraction of sp³-hybridized carbons (Fsp3) is 0.500. The fourth-order valence-corrected chi connectivity index (χ4v) is 2.38. The summed E-state index contributed by atoms with van der Waals surface area (Å²) in [4.78, 5) is 13.8. The summed E-state index contributed by atoms with van der Waals surface area (Å²) < 4.78 is 15.6. The zero-order chi connectivity index (χ0) is 13.9. The van der Waals surface area contributed by atoms with Crippen molar-refractivity contribution in [2.24, 2.45) is 5.92 Å². The molecule has 0 unspecified atom stereocenters. The van der Waals surface area contributed by atoms with E-state index in [1.165, 1.54) is 0 Å². The summed E-state index contributed by atoms with van der Waals surface area (Å²) >= 11 is 0. The van der Waals surface area contributed by atoms with Gasteiger partial charge in [0, 0.05) is 38.6 Å². The molecule has 2 amide bonds. The zero-order valence-corrected chi connectivity index (χ0v) is 11.4. The number of anilines is 1. The zero-order valence-electron chi connectivity index (χ0n) is 11.4. The minimum absolute atomic E-state index is 0.0717. The molecule has 1 aromatic rings. The van der Waals surface area contributed by atoms with E-state index < -0.39 is 0 Å². The maximum atomic E-state index is 12.0. The number of ether oxygens (including phenoxy) is 3. The van der Waals surface area contributed by atoms with Gasteiger partial charge in [0.2, 0.25) is 6.79 Å². The molecular formula is C14H18N2O4. The largest absolute Gasteiger partial charge is 0.454 e. The summed E-state index contributed by atoms with van der Waals surface area (Å²) in [5, 5.41) is 2.87. The van der Waals surface area contributed by atoms with Crippen molar-refractivity contribution in [3.8, 4) is 11.5 Å². The second-order valence-electron chi connectivity index (χ2n) is 5.05. The van der Waals surface area contributed by atoms with Crippen LogP contribution in [0.1, 0.15) is 6.42 Å².